The number of carbonyl (C=O) groups is 1. The van der Waals surface area contributed by atoms with Crippen molar-refractivity contribution < 1.29 is 13.2 Å². The summed E-state index contributed by atoms with van der Waals surface area (Å²) >= 11 is 0. The number of aryl methyl sites for hydroxylation is 1. The van der Waals surface area contributed by atoms with Crippen LogP contribution in [0.5, 0.6) is 0 Å². The van der Waals surface area contributed by atoms with Crippen molar-refractivity contribution in [1.29, 1.82) is 0 Å². The zero-order valence-electron chi connectivity index (χ0n) is 15.0. The normalized spacial score (nSPS) is 11.2. The van der Waals surface area contributed by atoms with Crippen molar-refractivity contribution >= 4 is 28.3 Å². The first-order chi connectivity index (χ1) is 10.8. The van der Waals surface area contributed by atoms with E-state index in [0.717, 1.165) is 0 Å². The summed E-state index contributed by atoms with van der Waals surface area (Å²) in [6.07, 6.45) is 0. The summed E-state index contributed by atoms with van der Waals surface area (Å²) in [7, 11) is -0.0554. The number of amides is 1. The van der Waals surface area contributed by atoms with Crippen molar-refractivity contribution in [2.45, 2.75) is 25.7 Å². The summed E-state index contributed by atoms with van der Waals surface area (Å²) < 4.78 is 26.8. The lowest BCUT2D eigenvalue weighted by atomic mass is 10.1. The minimum atomic E-state index is -3.58. The second-order valence-electron chi connectivity index (χ2n) is 5.40. The summed E-state index contributed by atoms with van der Waals surface area (Å²) in [5.41, 5.74) is 1.03. The fourth-order valence-corrected chi connectivity index (χ4v) is 4.02. The monoisotopic (exact) mass is 377 g/mol. The number of benzene rings is 1. The molecule has 0 aliphatic heterocycles. The number of nitrogens with one attached hydrogen (secondary N) is 1. The molecule has 0 unspecified atom stereocenters. The molecule has 0 saturated carbocycles. The van der Waals surface area contributed by atoms with Gasteiger partial charge < -0.3 is 10.2 Å². The predicted molar refractivity (Wildman–Crippen MR) is 99.4 cm³/mol. The van der Waals surface area contributed by atoms with Gasteiger partial charge in [0, 0.05) is 38.8 Å². The molecule has 8 heteroatoms. The number of likely N-dealkylation sites (N-methyl/N-ethyl adjacent to an activating group) is 2. The first-order valence-electron chi connectivity index (χ1n) is 7.80. The maximum Gasteiger partial charge on any atom is 0.253 e. The molecule has 138 valence electrons. The van der Waals surface area contributed by atoms with Gasteiger partial charge >= 0.3 is 0 Å². The Morgan fingerprint density at radius 3 is 2.29 bits per heavy atom. The molecule has 0 atom stereocenters. The molecule has 0 heterocycles. The molecule has 1 N–H and O–H groups in total. The number of halogens is 1. The van der Waals surface area contributed by atoms with Gasteiger partial charge in [-0.2, -0.15) is 4.31 Å². The van der Waals surface area contributed by atoms with Crippen molar-refractivity contribution in [3.05, 3.63) is 29.3 Å². The van der Waals surface area contributed by atoms with E-state index in [9.17, 15) is 13.2 Å². The smallest absolute Gasteiger partial charge is 0.253 e. The van der Waals surface area contributed by atoms with Crippen LogP contribution in [0.15, 0.2) is 23.1 Å². The summed E-state index contributed by atoms with van der Waals surface area (Å²) in [4.78, 5) is 14.2. The Kier molecular flexibility index (Phi) is 9.50. The molecule has 0 bridgehead atoms. The number of nitrogens with zero attached hydrogens (tertiary/aromatic N) is 2. The van der Waals surface area contributed by atoms with Crippen LogP contribution >= 0.6 is 12.4 Å². The highest BCUT2D eigenvalue weighted by Crippen LogP contribution is 2.22. The number of rotatable bonds is 8. The van der Waals surface area contributed by atoms with Crippen molar-refractivity contribution in [3.8, 4) is 0 Å². The second kappa shape index (κ2) is 9.98. The lowest BCUT2D eigenvalue weighted by Crippen LogP contribution is -2.33. The summed E-state index contributed by atoms with van der Waals surface area (Å²) in [5, 5.41) is 2.98. The molecule has 6 nitrogen and oxygen atoms in total. The predicted octanol–water partition coefficient (Wildman–Crippen LogP) is 1.74. The molecule has 1 rings (SSSR count). The van der Waals surface area contributed by atoms with Gasteiger partial charge in [0.05, 0.1) is 4.90 Å². The first-order valence-corrected chi connectivity index (χ1v) is 9.24. The Morgan fingerprint density at radius 2 is 1.79 bits per heavy atom. The van der Waals surface area contributed by atoms with Crippen molar-refractivity contribution in [2.24, 2.45) is 0 Å². The average molecular weight is 378 g/mol. The molecular formula is C16H28ClN3O3S. The first kappa shape index (κ1) is 22.9. The van der Waals surface area contributed by atoms with E-state index in [1.54, 1.807) is 44.9 Å². The number of hydrogen-bond donors (Lipinski definition) is 1. The van der Waals surface area contributed by atoms with E-state index in [-0.39, 0.29) is 23.2 Å². The van der Waals surface area contributed by atoms with E-state index < -0.39 is 10.0 Å². The Bertz CT molecular complexity index is 646. The third-order valence-corrected chi connectivity index (χ3v) is 5.99. The van der Waals surface area contributed by atoms with Gasteiger partial charge in [-0.05, 0) is 31.7 Å². The van der Waals surface area contributed by atoms with Gasteiger partial charge in [0.2, 0.25) is 10.0 Å². The molecule has 0 spiro atoms. The van der Waals surface area contributed by atoms with E-state index in [4.69, 9.17) is 0 Å². The minimum Gasteiger partial charge on any atom is -0.340 e. The summed E-state index contributed by atoms with van der Waals surface area (Å²) in [5.74, 6) is -0.184. The van der Waals surface area contributed by atoms with Crippen LogP contribution in [0, 0.1) is 6.92 Å². The van der Waals surface area contributed by atoms with Gasteiger partial charge in [0.25, 0.3) is 5.91 Å². The van der Waals surface area contributed by atoms with E-state index >= 15 is 0 Å². The zero-order chi connectivity index (χ0) is 17.6. The van der Waals surface area contributed by atoms with Gasteiger partial charge in [-0.1, -0.05) is 19.9 Å². The van der Waals surface area contributed by atoms with E-state index in [1.165, 1.54) is 10.4 Å². The minimum absolute atomic E-state index is 0. The van der Waals surface area contributed by atoms with Crippen LogP contribution in [-0.2, 0) is 10.0 Å². The van der Waals surface area contributed by atoms with Gasteiger partial charge in [0.15, 0.2) is 0 Å². The summed E-state index contributed by atoms with van der Waals surface area (Å²) in [6.45, 7) is 7.39. The lowest BCUT2D eigenvalue weighted by Gasteiger charge is -2.21. The highest BCUT2D eigenvalue weighted by Gasteiger charge is 2.25. The maximum absolute atomic E-state index is 12.7. The van der Waals surface area contributed by atoms with Gasteiger partial charge in [-0.15, -0.1) is 12.4 Å². The van der Waals surface area contributed by atoms with E-state index in [1.807, 2.05) is 7.05 Å². The third-order valence-electron chi connectivity index (χ3n) is 3.80. The molecule has 1 aromatic rings. The molecule has 0 saturated heterocycles. The van der Waals surface area contributed by atoms with Gasteiger partial charge in [0.1, 0.15) is 0 Å². The number of sulfonamides is 1. The number of carbonyl (C=O) groups excluding carboxylic acids is 1. The van der Waals surface area contributed by atoms with Gasteiger partial charge in [-0.25, -0.2) is 8.42 Å². The molecule has 1 aromatic carbocycles. The molecule has 0 aliphatic carbocycles. The quantitative estimate of drug-likeness (QED) is 0.749. The van der Waals surface area contributed by atoms with Crippen LogP contribution in [-0.4, -0.2) is 63.8 Å². The topological polar surface area (TPSA) is 69.7 Å². The molecule has 0 aliphatic rings. The van der Waals surface area contributed by atoms with E-state index in [0.29, 0.717) is 37.3 Å². The van der Waals surface area contributed by atoms with Crippen LogP contribution in [0.1, 0.15) is 29.8 Å². The Hall–Kier alpha value is -1.15. The Morgan fingerprint density at radius 1 is 1.21 bits per heavy atom. The Balaban J connectivity index is 0.00000529. The van der Waals surface area contributed by atoms with Crippen molar-refractivity contribution in [1.82, 2.24) is 14.5 Å². The average Bonchev–Trinajstić information content (AvgIpc) is 2.53. The van der Waals surface area contributed by atoms with Crippen molar-refractivity contribution in [3.63, 3.8) is 0 Å². The molecule has 0 fully saturated rings. The second-order valence-corrected chi connectivity index (χ2v) is 7.31. The van der Waals surface area contributed by atoms with Crippen LogP contribution in [0.2, 0.25) is 0 Å². The van der Waals surface area contributed by atoms with Crippen LogP contribution in [0.3, 0.4) is 0 Å². The van der Waals surface area contributed by atoms with E-state index in [2.05, 4.69) is 5.32 Å². The molecule has 0 radical (unpaired) electrons. The lowest BCUT2D eigenvalue weighted by molar-refractivity contribution is 0.0796. The zero-order valence-corrected chi connectivity index (χ0v) is 16.6. The maximum atomic E-state index is 12.7. The molecular weight excluding hydrogens is 350 g/mol. The molecule has 0 aromatic heterocycles. The molecule has 24 heavy (non-hydrogen) atoms. The fourth-order valence-electron chi connectivity index (χ4n) is 2.32. The Labute approximate surface area is 151 Å². The summed E-state index contributed by atoms with van der Waals surface area (Å²) in [6, 6.07) is 4.85. The molecule has 1 amide bonds. The fraction of sp³-hybridized carbons (Fsp3) is 0.562. The highest BCUT2D eigenvalue weighted by atomic mass is 35.5. The van der Waals surface area contributed by atoms with Gasteiger partial charge in [-0.3, -0.25) is 4.79 Å². The van der Waals surface area contributed by atoms with Crippen LogP contribution < -0.4 is 5.32 Å². The third kappa shape index (κ3) is 5.17. The van der Waals surface area contributed by atoms with Crippen LogP contribution in [0.25, 0.3) is 0 Å². The largest absolute Gasteiger partial charge is 0.340 e. The highest BCUT2D eigenvalue weighted by molar-refractivity contribution is 7.89. The number of hydrogen-bond acceptors (Lipinski definition) is 4. The SMILES string of the molecule is CCN(CC)S(=O)(=O)c1cc(C(=O)N(C)CCNC)ccc1C.Cl. The van der Waals surface area contributed by atoms with Crippen molar-refractivity contribution in [2.75, 3.05) is 40.3 Å². The standard InChI is InChI=1S/C16H27N3O3S.ClH/c1-6-19(7-2)23(21,22)15-12-14(9-8-13(15)3)16(20)18(5)11-10-17-4;/h8-9,12,17H,6-7,10-11H2,1-5H3;1H. The van der Waals surface area contributed by atoms with Crippen LogP contribution in [0.4, 0.5) is 0 Å².